The van der Waals surface area contributed by atoms with Crippen molar-refractivity contribution in [3.05, 3.63) is 119 Å². The number of ether oxygens (including phenoxy) is 1. The standard InChI is InChI=1S/C27H24ClN3O2/c1-18-8-13-22(16-19(18)2)32-25(23-6-3-4-7-24(23)28)27-29-26(30-33-27)21-11-9-20(10-12-21)17-31-14-5-15-31/h3-16,25,31H,17H2,1-2H3. The Morgan fingerprint density at radius 2 is 1.82 bits per heavy atom. The lowest BCUT2D eigenvalue weighted by Gasteiger charge is -2.29. The zero-order valence-electron chi connectivity index (χ0n) is 18.5. The van der Waals surface area contributed by atoms with E-state index < -0.39 is 6.10 Å². The van der Waals surface area contributed by atoms with Gasteiger partial charge in [-0.15, -0.1) is 6.08 Å². The summed E-state index contributed by atoms with van der Waals surface area (Å²) in [5.41, 5.74) is 5.24. The Bertz CT molecular complexity index is 1300. The van der Waals surface area contributed by atoms with Crippen LogP contribution in [0.2, 0.25) is 5.02 Å². The van der Waals surface area contributed by atoms with Gasteiger partial charge in [0.2, 0.25) is 11.9 Å². The minimum absolute atomic E-state index is 0.352. The first-order valence-corrected chi connectivity index (χ1v) is 11.2. The van der Waals surface area contributed by atoms with Gasteiger partial charge in [0, 0.05) is 21.7 Å². The Morgan fingerprint density at radius 1 is 1.03 bits per heavy atom. The number of quaternary nitrogens is 1. The van der Waals surface area contributed by atoms with E-state index in [9.17, 15) is 0 Å². The summed E-state index contributed by atoms with van der Waals surface area (Å²) in [5.74, 6) is 1.58. The fraction of sp³-hybridized carbons (Fsp3) is 0.148. The number of hydrogen-bond acceptors (Lipinski definition) is 4. The van der Waals surface area contributed by atoms with Crippen molar-refractivity contribution in [3.8, 4) is 17.1 Å². The molecule has 4 aromatic rings. The van der Waals surface area contributed by atoms with Crippen LogP contribution < -0.4 is 9.64 Å². The highest BCUT2D eigenvalue weighted by molar-refractivity contribution is 6.31. The molecule has 1 aromatic heterocycles. The molecule has 0 bridgehead atoms. The number of aromatic nitrogens is 2. The summed E-state index contributed by atoms with van der Waals surface area (Å²) in [7, 11) is 0. The SMILES string of the molecule is Cc1ccc(OC(c2nc(-c3ccc(C[NH+]4C=C[CH-]4)cc3)no2)c2ccccc2Cl)cc1C. The lowest BCUT2D eigenvalue weighted by Crippen LogP contribution is -3.06. The predicted molar refractivity (Wildman–Crippen MR) is 128 cm³/mol. The summed E-state index contributed by atoms with van der Waals surface area (Å²) >= 11 is 6.51. The van der Waals surface area contributed by atoms with Gasteiger partial charge in [-0.1, -0.05) is 78.0 Å². The Hall–Kier alpha value is -3.54. The average molecular weight is 458 g/mol. The maximum Gasteiger partial charge on any atom is 0.272 e. The first kappa shape index (κ1) is 21.3. The number of aryl methyl sites for hydroxylation is 2. The maximum atomic E-state index is 6.51. The molecule has 5 nitrogen and oxygen atoms in total. The molecule has 1 aliphatic rings. The van der Waals surface area contributed by atoms with Gasteiger partial charge < -0.3 is 14.2 Å². The molecule has 1 N–H and O–H groups in total. The summed E-state index contributed by atoms with van der Waals surface area (Å²) in [6.07, 6.45) is 3.56. The molecule has 0 saturated carbocycles. The second-order valence-electron chi connectivity index (χ2n) is 8.20. The zero-order chi connectivity index (χ0) is 22.8. The highest BCUT2D eigenvalue weighted by Gasteiger charge is 2.26. The number of nitrogens with one attached hydrogen (secondary N) is 1. The third kappa shape index (κ3) is 4.65. The quantitative estimate of drug-likeness (QED) is 0.385. The van der Waals surface area contributed by atoms with Crippen LogP contribution in [0.25, 0.3) is 11.4 Å². The molecule has 2 heterocycles. The second-order valence-corrected chi connectivity index (χ2v) is 8.60. The van der Waals surface area contributed by atoms with Crippen LogP contribution in [0.3, 0.4) is 0 Å². The molecular weight excluding hydrogens is 434 g/mol. The predicted octanol–water partition coefficient (Wildman–Crippen LogP) is 5.25. The number of benzene rings is 3. The van der Waals surface area contributed by atoms with Crippen molar-refractivity contribution in [3.63, 3.8) is 0 Å². The fourth-order valence-electron chi connectivity index (χ4n) is 3.67. The molecule has 0 saturated heterocycles. The third-order valence-electron chi connectivity index (χ3n) is 5.83. The second kappa shape index (κ2) is 9.14. The van der Waals surface area contributed by atoms with Crippen molar-refractivity contribution in [2.75, 3.05) is 0 Å². The summed E-state index contributed by atoms with van der Waals surface area (Å²) in [6.45, 7) is 7.18. The van der Waals surface area contributed by atoms with Gasteiger partial charge in [0.25, 0.3) is 5.89 Å². The number of halogens is 1. The van der Waals surface area contributed by atoms with E-state index in [1.165, 1.54) is 16.0 Å². The van der Waals surface area contributed by atoms with Gasteiger partial charge in [-0.3, -0.25) is 0 Å². The van der Waals surface area contributed by atoms with Gasteiger partial charge in [0.15, 0.2) is 0 Å². The molecule has 2 atom stereocenters. The maximum absolute atomic E-state index is 6.51. The lowest BCUT2D eigenvalue weighted by atomic mass is 10.1. The van der Waals surface area contributed by atoms with E-state index in [0.29, 0.717) is 22.5 Å². The van der Waals surface area contributed by atoms with Crippen LogP contribution in [0.4, 0.5) is 0 Å². The smallest absolute Gasteiger partial charge is 0.272 e. The third-order valence-corrected chi connectivity index (χ3v) is 6.17. The van der Waals surface area contributed by atoms with Crippen LogP contribution in [0.1, 0.15) is 34.2 Å². The highest BCUT2D eigenvalue weighted by Crippen LogP contribution is 2.33. The highest BCUT2D eigenvalue weighted by atomic mass is 35.5. The summed E-state index contributed by atoms with van der Waals surface area (Å²) in [5, 5.41) is 4.80. The molecule has 3 aromatic carbocycles. The molecule has 2 unspecified atom stereocenters. The largest absolute Gasteiger partial charge is 0.476 e. The van der Waals surface area contributed by atoms with Crippen LogP contribution in [0.15, 0.2) is 83.5 Å². The minimum atomic E-state index is -0.626. The van der Waals surface area contributed by atoms with Crippen molar-refractivity contribution in [1.29, 1.82) is 0 Å². The Labute approximate surface area is 198 Å². The number of nitrogens with zero attached hydrogens (tertiary/aromatic N) is 2. The Balaban J connectivity index is 1.44. The fourth-order valence-corrected chi connectivity index (χ4v) is 3.91. The summed E-state index contributed by atoms with van der Waals surface area (Å²) in [6, 6.07) is 21.7. The molecule has 33 heavy (non-hydrogen) atoms. The van der Waals surface area contributed by atoms with Crippen LogP contribution >= 0.6 is 11.6 Å². The zero-order valence-corrected chi connectivity index (χ0v) is 19.2. The number of hydrogen-bond donors (Lipinski definition) is 1. The topological polar surface area (TPSA) is 52.6 Å². The van der Waals surface area contributed by atoms with Crippen LogP contribution in [0.5, 0.6) is 5.75 Å². The van der Waals surface area contributed by atoms with E-state index in [1.807, 2.05) is 54.6 Å². The molecule has 0 aliphatic carbocycles. The van der Waals surface area contributed by atoms with Crippen molar-refractivity contribution in [2.24, 2.45) is 0 Å². The van der Waals surface area contributed by atoms with Gasteiger partial charge in [-0.25, -0.2) is 0 Å². The van der Waals surface area contributed by atoms with Gasteiger partial charge in [0.1, 0.15) is 5.75 Å². The summed E-state index contributed by atoms with van der Waals surface area (Å²) in [4.78, 5) is 6.00. The van der Waals surface area contributed by atoms with E-state index in [1.54, 1.807) is 0 Å². The molecule has 166 valence electrons. The lowest BCUT2D eigenvalue weighted by molar-refractivity contribution is -0.840. The van der Waals surface area contributed by atoms with Crippen LogP contribution in [-0.4, -0.2) is 10.1 Å². The van der Waals surface area contributed by atoms with E-state index in [0.717, 1.165) is 23.2 Å². The van der Waals surface area contributed by atoms with Crippen molar-refractivity contribution < 1.29 is 14.2 Å². The van der Waals surface area contributed by atoms with E-state index in [2.05, 4.69) is 54.9 Å². The first-order chi connectivity index (χ1) is 16.1. The molecule has 0 fully saturated rings. The normalized spacial score (nSPS) is 15.5. The minimum Gasteiger partial charge on any atom is -0.476 e. The molecule has 0 radical (unpaired) electrons. The van der Waals surface area contributed by atoms with Crippen LogP contribution in [0, 0.1) is 20.4 Å². The van der Waals surface area contributed by atoms with Crippen LogP contribution in [-0.2, 0) is 6.54 Å². The molecular formula is C27H24ClN3O2. The van der Waals surface area contributed by atoms with E-state index in [4.69, 9.17) is 20.9 Å². The average Bonchev–Trinajstić information content (AvgIpc) is 3.28. The Kier molecular flexibility index (Phi) is 5.90. The molecule has 1 aliphatic heterocycles. The molecule has 0 spiro atoms. The monoisotopic (exact) mass is 457 g/mol. The molecule has 0 amide bonds. The van der Waals surface area contributed by atoms with Gasteiger partial charge in [-0.05, 0) is 43.2 Å². The van der Waals surface area contributed by atoms with Crippen molar-refractivity contribution in [2.45, 2.75) is 26.5 Å². The number of rotatable bonds is 7. The molecule has 6 heteroatoms. The molecule has 5 rings (SSSR count). The van der Waals surface area contributed by atoms with Gasteiger partial charge in [0.05, 0.1) is 6.54 Å². The van der Waals surface area contributed by atoms with E-state index in [-0.39, 0.29) is 0 Å². The Morgan fingerprint density at radius 3 is 2.52 bits per heavy atom. The van der Waals surface area contributed by atoms with Crippen molar-refractivity contribution >= 4 is 11.6 Å². The van der Waals surface area contributed by atoms with Gasteiger partial charge in [-0.2, -0.15) is 4.98 Å². The van der Waals surface area contributed by atoms with Crippen molar-refractivity contribution in [1.82, 2.24) is 10.1 Å². The first-order valence-electron chi connectivity index (χ1n) is 10.9. The van der Waals surface area contributed by atoms with Gasteiger partial charge >= 0.3 is 0 Å². The van der Waals surface area contributed by atoms with E-state index >= 15 is 0 Å². The summed E-state index contributed by atoms with van der Waals surface area (Å²) < 4.78 is 12.0.